The number of carbonyl (C=O) groups excluding carboxylic acids is 1. The zero-order chi connectivity index (χ0) is 25.2. The number of aryl methyl sites for hydroxylation is 2. The van der Waals surface area contributed by atoms with Crippen molar-refractivity contribution in [2.45, 2.75) is 51.7 Å². The molecule has 1 aliphatic heterocycles. The van der Waals surface area contributed by atoms with E-state index in [0.717, 1.165) is 28.0 Å². The fourth-order valence-corrected chi connectivity index (χ4v) is 5.81. The normalized spacial score (nSPS) is 14.1. The SMILES string of the molecule is Cc1cc(C)c(C)c(S(=O)(=O)NCCC(=O)N2CC(n3cc(COc4ccccc4)nn3)C2)c1C. The molecule has 1 N–H and O–H groups in total. The Bertz CT molecular complexity index is 1290. The van der Waals surface area contributed by atoms with Crippen LogP contribution in [0.3, 0.4) is 0 Å². The van der Waals surface area contributed by atoms with E-state index in [4.69, 9.17) is 4.74 Å². The number of likely N-dealkylation sites (tertiary alicyclic amines) is 1. The fourth-order valence-electron chi connectivity index (χ4n) is 4.16. The highest BCUT2D eigenvalue weighted by Crippen LogP contribution is 2.26. The molecule has 4 rings (SSSR count). The lowest BCUT2D eigenvalue weighted by Gasteiger charge is -2.39. The second-order valence-corrected chi connectivity index (χ2v) is 10.7. The van der Waals surface area contributed by atoms with Gasteiger partial charge in [-0.15, -0.1) is 5.10 Å². The third-order valence-electron chi connectivity index (χ3n) is 6.47. The average Bonchev–Trinajstić information content (AvgIpc) is 3.24. The lowest BCUT2D eigenvalue weighted by Crippen LogP contribution is -2.51. The Hall–Kier alpha value is -3.24. The van der Waals surface area contributed by atoms with E-state index in [0.29, 0.717) is 30.3 Å². The number of hydrogen-bond donors (Lipinski definition) is 1. The van der Waals surface area contributed by atoms with Gasteiger partial charge in [-0.1, -0.05) is 29.5 Å². The van der Waals surface area contributed by atoms with Crippen LogP contribution in [0.15, 0.2) is 47.5 Å². The van der Waals surface area contributed by atoms with Crippen LogP contribution in [0.1, 0.15) is 40.4 Å². The molecule has 0 radical (unpaired) electrons. The molecule has 35 heavy (non-hydrogen) atoms. The van der Waals surface area contributed by atoms with Gasteiger partial charge in [-0.05, 0) is 62.1 Å². The van der Waals surface area contributed by atoms with Gasteiger partial charge in [0.25, 0.3) is 0 Å². The van der Waals surface area contributed by atoms with Crippen molar-refractivity contribution in [3.8, 4) is 5.75 Å². The highest BCUT2D eigenvalue weighted by molar-refractivity contribution is 7.89. The Morgan fingerprint density at radius 3 is 2.40 bits per heavy atom. The maximum atomic E-state index is 12.9. The summed E-state index contributed by atoms with van der Waals surface area (Å²) in [6.07, 6.45) is 1.93. The molecule has 1 aromatic heterocycles. The molecule has 1 saturated heterocycles. The molecule has 0 spiro atoms. The van der Waals surface area contributed by atoms with Crippen molar-refractivity contribution in [1.29, 1.82) is 0 Å². The number of hydrogen-bond acceptors (Lipinski definition) is 6. The Kier molecular flexibility index (Phi) is 7.23. The highest BCUT2D eigenvalue weighted by atomic mass is 32.2. The van der Waals surface area contributed by atoms with Crippen LogP contribution in [0, 0.1) is 27.7 Å². The Balaban J connectivity index is 1.25. The molecule has 0 unspecified atom stereocenters. The summed E-state index contributed by atoms with van der Waals surface area (Å²) < 4.78 is 35.9. The van der Waals surface area contributed by atoms with Crippen LogP contribution < -0.4 is 9.46 Å². The number of para-hydroxylation sites is 1. The summed E-state index contributed by atoms with van der Waals surface area (Å²) in [4.78, 5) is 14.6. The van der Waals surface area contributed by atoms with Crippen LogP contribution in [0.5, 0.6) is 5.75 Å². The van der Waals surface area contributed by atoms with Gasteiger partial charge in [0.05, 0.1) is 17.1 Å². The molecule has 0 saturated carbocycles. The first kappa shape index (κ1) is 24.9. The third kappa shape index (κ3) is 5.54. The Labute approximate surface area is 206 Å². The third-order valence-corrected chi connectivity index (χ3v) is 8.21. The van der Waals surface area contributed by atoms with Gasteiger partial charge in [-0.2, -0.15) is 0 Å². The maximum Gasteiger partial charge on any atom is 0.241 e. The molecule has 2 heterocycles. The van der Waals surface area contributed by atoms with Crippen molar-refractivity contribution in [3.63, 3.8) is 0 Å². The zero-order valence-electron chi connectivity index (χ0n) is 20.5. The quantitative estimate of drug-likeness (QED) is 0.487. The summed E-state index contributed by atoms with van der Waals surface area (Å²) in [5, 5.41) is 8.30. The number of amides is 1. The minimum absolute atomic E-state index is 0.0502. The van der Waals surface area contributed by atoms with Crippen molar-refractivity contribution in [3.05, 3.63) is 70.5 Å². The van der Waals surface area contributed by atoms with Crippen LogP contribution in [0.4, 0.5) is 0 Å². The van der Waals surface area contributed by atoms with E-state index >= 15 is 0 Å². The van der Waals surface area contributed by atoms with Crippen LogP contribution in [0.2, 0.25) is 0 Å². The van der Waals surface area contributed by atoms with Crippen molar-refractivity contribution < 1.29 is 17.9 Å². The molecule has 9 nitrogen and oxygen atoms in total. The molecule has 2 aromatic carbocycles. The average molecular weight is 498 g/mol. The van der Waals surface area contributed by atoms with Gasteiger partial charge >= 0.3 is 0 Å². The lowest BCUT2D eigenvalue weighted by molar-refractivity contribution is -0.137. The predicted octanol–water partition coefficient (Wildman–Crippen LogP) is 2.84. The first-order valence-corrected chi connectivity index (χ1v) is 13.1. The standard InChI is InChI=1S/C25H31N5O4S/c1-17-12-18(2)20(4)25(19(17)3)35(32,33)26-11-10-24(31)29-14-22(15-29)30-13-21(27-28-30)16-34-23-8-6-5-7-9-23/h5-9,12-13,22,26H,10-11,14-16H2,1-4H3. The van der Waals surface area contributed by atoms with Crippen LogP contribution >= 0.6 is 0 Å². The van der Waals surface area contributed by atoms with Crippen molar-refractivity contribution in [2.75, 3.05) is 19.6 Å². The lowest BCUT2D eigenvalue weighted by atomic mass is 10.0. The molecule has 186 valence electrons. The highest BCUT2D eigenvalue weighted by Gasteiger charge is 2.32. The van der Waals surface area contributed by atoms with Crippen molar-refractivity contribution in [1.82, 2.24) is 24.6 Å². The summed E-state index contributed by atoms with van der Waals surface area (Å²) in [7, 11) is -3.71. The summed E-state index contributed by atoms with van der Waals surface area (Å²) in [5.41, 5.74) is 4.04. The van der Waals surface area contributed by atoms with E-state index < -0.39 is 10.0 Å². The molecule has 1 amide bonds. The molecule has 1 fully saturated rings. The summed E-state index contributed by atoms with van der Waals surface area (Å²) in [6.45, 7) is 8.83. The molecule has 0 bridgehead atoms. The number of benzene rings is 2. The Morgan fingerprint density at radius 1 is 1.09 bits per heavy atom. The number of nitrogens with zero attached hydrogens (tertiary/aromatic N) is 4. The first-order valence-electron chi connectivity index (χ1n) is 11.6. The molecule has 0 aliphatic carbocycles. The molecule has 3 aromatic rings. The molecular weight excluding hydrogens is 466 g/mol. The van der Waals surface area contributed by atoms with E-state index in [-0.39, 0.29) is 24.9 Å². The van der Waals surface area contributed by atoms with Crippen LogP contribution in [-0.4, -0.2) is 53.9 Å². The predicted molar refractivity (Wildman–Crippen MR) is 132 cm³/mol. The molecule has 0 atom stereocenters. The number of rotatable bonds is 9. The van der Waals surface area contributed by atoms with E-state index in [1.807, 2.05) is 70.3 Å². The summed E-state index contributed by atoms with van der Waals surface area (Å²) in [6, 6.07) is 11.5. The summed E-state index contributed by atoms with van der Waals surface area (Å²) in [5.74, 6) is 0.673. The van der Waals surface area contributed by atoms with Crippen LogP contribution in [0.25, 0.3) is 0 Å². The van der Waals surface area contributed by atoms with Crippen LogP contribution in [-0.2, 0) is 21.4 Å². The maximum absolute atomic E-state index is 12.9. The van der Waals surface area contributed by atoms with Gasteiger partial charge in [-0.3, -0.25) is 4.79 Å². The minimum atomic E-state index is -3.71. The number of ether oxygens (including phenoxy) is 1. The zero-order valence-corrected chi connectivity index (χ0v) is 21.3. The number of aromatic nitrogens is 3. The van der Waals surface area contributed by atoms with E-state index in [1.54, 1.807) is 9.58 Å². The topological polar surface area (TPSA) is 106 Å². The fraction of sp³-hybridized carbons (Fsp3) is 0.400. The van der Waals surface area contributed by atoms with Crippen molar-refractivity contribution >= 4 is 15.9 Å². The van der Waals surface area contributed by atoms with Gasteiger partial charge < -0.3 is 9.64 Å². The second-order valence-electron chi connectivity index (χ2n) is 8.98. The van der Waals surface area contributed by atoms with Gasteiger partial charge in [0, 0.05) is 26.1 Å². The van der Waals surface area contributed by atoms with E-state index in [1.165, 1.54) is 0 Å². The second kappa shape index (κ2) is 10.2. The van der Waals surface area contributed by atoms with Gasteiger partial charge in [0.1, 0.15) is 18.1 Å². The van der Waals surface area contributed by atoms with Gasteiger partial charge in [0.2, 0.25) is 15.9 Å². The molecule has 10 heteroatoms. The van der Waals surface area contributed by atoms with Gasteiger partial charge in [-0.25, -0.2) is 17.8 Å². The number of sulfonamides is 1. The van der Waals surface area contributed by atoms with Crippen molar-refractivity contribution in [2.24, 2.45) is 0 Å². The minimum Gasteiger partial charge on any atom is -0.487 e. The van der Waals surface area contributed by atoms with E-state index in [2.05, 4.69) is 15.0 Å². The first-order chi connectivity index (χ1) is 16.7. The van der Waals surface area contributed by atoms with Gasteiger partial charge in [0.15, 0.2) is 0 Å². The molecular formula is C25H31N5O4S. The summed E-state index contributed by atoms with van der Waals surface area (Å²) >= 11 is 0. The monoisotopic (exact) mass is 497 g/mol. The van der Waals surface area contributed by atoms with E-state index in [9.17, 15) is 13.2 Å². The molecule has 1 aliphatic rings. The smallest absolute Gasteiger partial charge is 0.241 e. The number of nitrogens with one attached hydrogen (secondary N) is 1. The Morgan fingerprint density at radius 2 is 1.74 bits per heavy atom. The number of carbonyl (C=O) groups is 1. The largest absolute Gasteiger partial charge is 0.487 e.